The van der Waals surface area contributed by atoms with Crippen molar-refractivity contribution in [2.75, 3.05) is 5.32 Å². The maximum atomic E-state index is 12.4. The first-order chi connectivity index (χ1) is 11.6. The summed E-state index contributed by atoms with van der Waals surface area (Å²) in [4.78, 5) is 22.7. The van der Waals surface area contributed by atoms with Crippen LogP contribution < -0.4 is 5.32 Å². The molecule has 3 rings (SSSR count). The third-order valence-corrected chi connectivity index (χ3v) is 4.30. The zero-order valence-corrected chi connectivity index (χ0v) is 13.6. The van der Waals surface area contributed by atoms with Gasteiger partial charge in [0.25, 0.3) is 11.6 Å². The summed E-state index contributed by atoms with van der Waals surface area (Å²) in [6.45, 7) is 2.09. The lowest BCUT2D eigenvalue weighted by Crippen LogP contribution is -2.12. The number of benzene rings is 1. The highest BCUT2D eigenvalue weighted by atomic mass is 32.1. The molecule has 3 aromatic rings. The van der Waals surface area contributed by atoms with Crippen molar-refractivity contribution in [2.24, 2.45) is 0 Å². The Balaban J connectivity index is 1.82. The van der Waals surface area contributed by atoms with E-state index in [0.717, 1.165) is 24.3 Å². The van der Waals surface area contributed by atoms with Gasteiger partial charge in [-0.25, -0.2) is 0 Å². The summed E-state index contributed by atoms with van der Waals surface area (Å²) in [6.07, 6.45) is 2.89. The van der Waals surface area contributed by atoms with Crippen LogP contribution in [0.1, 0.15) is 35.3 Å². The van der Waals surface area contributed by atoms with Crippen molar-refractivity contribution in [1.82, 2.24) is 20.4 Å². The normalized spacial score (nSPS) is 10.9. The molecule has 24 heavy (non-hydrogen) atoms. The van der Waals surface area contributed by atoms with Crippen LogP contribution in [0.3, 0.4) is 0 Å². The van der Waals surface area contributed by atoms with Crippen molar-refractivity contribution < 1.29 is 9.72 Å². The van der Waals surface area contributed by atoms with Gasteiger partial charge in [-0.3, -0.25) is 25.3 Å². The number of aromatic amines is 1. The van der Waals surface area contributed by atoms with Gasteiger partial charge in [0.2, 0.25) is 5.13 Å². The Labute approximate surface area is 140 Å². The first kappa shape index (κ1) is 16.0. The van der Waals surface area contributed by atoms with Crippen molar-refractivity contribution in [2.45, 2.75) is 26.2 Å². The quantitative estimate of drug-likeness (QED) is 0.522. The van der Waals surface area contributed by atoms with E-state index in [-0.39, 0.29) is 11.4 Å². The van der Waals surface area contributed by atoms with Crippen LogP contribution >= 0.6 is 11.3 Å². The molecule has 0 atom stereocenters. The molecule has 0 fully saturated rings. The first-order valence-corrected chi connectivity index (χ1v) is 8.16. The molecule has 2 heterocycles. The third kappa shape index (κ3) is 3.23. The summed E-state index contributed by atoms with van der Waals surface area (Å²) in [5, 5.41) is 29.7. The van der Waals surface area contributed by atoms with Gasteiger partial charge in [0.15, 0.2) is 5.69 Å². The Morgan fingerprint density at radius 3 is 3.00 bits per heavy atom. The minimum Gasteiger partial charge on any atom is -0.295 e. The van der Waals surface area contributed by atoms with Crippen LogP contribution in [0.5, 0.6) is 0 Å². The number of aryl methyl sites for hydroxylation is 1. The molecule has 124 valence electrons. The SMILES string of the molecule is CCCCc1nnc(NC(=O)c2n[nH]c3ccc([N+](=O)[O-])cc23)s1. The summed E-state index contributed by atoms with van der Waals surface area (Å²) < 4.78 is 0. The second kappa shape index (κ2) is 6.71. The Bertz CT molecular complexity index is 903. The van der Waals surface area contributed by atoms with E-state index < -0.39 is 10.8 Å². The maximum Gasteiger partial charge on any atom is 0.278 e. The molecule has 0 spiro atoms. The lowest BCUT2D eigenvalue weighted by Gasteiger charge is -1.98. The molecule has 0 radical (unpaired) electrons. The average molecular weight is 346 g/mol. The zero-order chi connectivity index (χ0) is 17.1. The van der Waals surface area contributed by atoms with Crippen LogP contribution in [0.25, 0.3) is 10.9 Å². The fraction of sp³-hybridized carbons (Fsp3) is 0.286. The Morgan fingerprint density at radius 2 is 2.25 bits per heavy atom. The van der Waals surface area contributed by atoms with Gasteiger partial charge in [0, 0.05) is 23.9 Å². The zero-order valence-electron chi connectivity index (χ0n) is 12.8. The number of non-ortho nitro benzene ring substituents is 1. The van der Waals surface area contributed by atoms with E-state index >= 15 is 0 Å². The number of anilines is 1. The number of carbonyl (C=O) groups is 1. The number of amides is 1. The Kier molecular flexibility index (Phi) is 4.47. The molecule has 0 unspecified atom stereocenters. The average Bonchev–Trinajstić information content (AvgIpc) is 3.18. The number of rotatable bonds is 6. The van der Waals surface area contributed by atoms with Crippen molar-refractivity contribution in [3.63, 3.8) is 0 Å². The smallest absolute Gasteiger partial charge is 0.278 e. The number of nitro groups is 1. The molecule has 0 aliphatic carbocycles. The van der Waals surface area contributed by atoms with Crippen molar-refractivity contribution in [1.29, 1.82) is 0 Å². The van der Waals surface area contributed by atoms with Crippen LogP contribution in [-0.2, 0) is 6.42 Å². The van der Waals surface area contributed by atoms with E-state index in [1.807, 2.05) is 0 Å². The lowest BCUT2D eigenvalue weighted by molar-refractivity contribution is -0.384. The standard InChI is InChI=1S/C14H14N6O3S/c1-2-3-4-11-17-19-14(24-11)15-13(21)12-9-7-8(20(22)23)5-6-10(9)16-18-12/h5-7H,2-4H2,1H3,(H,16,18)(H,15,19,21). The number of nitrogens with zero attached hydrogens (tertiary/aromatic N) is 4. The molecule has 1 amide bonds. The van der Waals surface area contributed by atoms with Crippen LogP contribution in [0, 0.1) is 10.1 Å². The molecule has 10 heteroatoms. The Morgan fingerprint density at radius 1 is 1.42 bits per heavy atom. The molecule has 2 N–H and O–H groups in total. The van der Waals surface area contributed by atoms with E-state index in [4.69, 9.17) is 0 Å². The van der Waals surface area contributed by atoms with Gasteiger partial charge >= 0.3 is 0 Å². The van der Waals surface area contributed by atoms with Gasteiger partial charge in [-0.05, 0) is 12.5 Å². The van der Waals surface area contributed by atoms with Gasteiger partial charge in [0.1, 0.15) is 5.01 Å². The number of unbranched alkanes of at least 4 members (excludes halogenated alkanes) is 1. The van der Waals surface area contributed by atoms with E-state index in [1.165, 1.54) is 29.5 Å². The maximum absolute atomic E-state index is 12.4. The topological polar surface area (TPSA) is 127 Å². The Hall–Kier alpha value is -2.88. The van der Waals surface area contributed by atoms with E-state index in [1.54, 1.807) is 0 Å². The molecule has 0 bridgehead atoms. The van der Waals surface area contributed by atoms with Crippen LogP contribution in [-0.4, -0.2) is 31.2 Å². The number of aromatic nitrogens is 4. The summed E-state index contributed by atoms with van der Waals surface area (Å²) in [6, 6.07) is 4.19. The number of fused-ring (bicyclic) bond motifs is 1. The molecule has 0 aliphatic heterocycles. The highest BCUT2D eigenvalue weighted by molar-refractivity contribution is 7.15. The molecule has 0 aliphatic rings. The van der Waals surface area contributed by atoms with Gasteiger partial charge in [0.05, 0.1) is 10.4 Å². The van der Waals surface area contributed by atoms with E-state index in [0.29, 0.717) is 16.0 Å². The number of H-pyrrole nitrogens is 1. The van der Waals surface area contributed by atoms with E-state index in [9.17, 15) is 14.9 Å². The van der Waals surface area contributed by atoms with Gasteiger partial charge in [-0.1, -0.05) is 24.7 Å². The number of hydrogen-bond donors (Lipinski definition) is 2. The molecule has 0 saturated carbocycles. The van der Waals surface area contributed by atoms with E-state index in [2.05, 4.69) is 32.6 Å². The number of nitro benzene ring substituents is 1. The molecule has 9 nitrogen and oxygen atoms in total. The van der Waals surface area contributed by atoms with Crippen LogP contribution in [0.15, 0.2) is 18.2 Å². The van der Waals surface area contributed by atoms with Crippen LogP contribution in [0.4, 0.5) is 10.8 Å². The molecular formula is C14H14N6O3S. The summed E-state index contributed by atoms with van der Waals surface area (Å²) in [7, 11) is 0. The lowest BCUT2D eigenvalue weighted by atomic mass is 10.2. The van der Waals surface area contributed by atoms with Crippen LogP contribution in [0.2, 0.25) is 0 Å². The minimum atomic E-state index is -0.515. The second-order valence-corrected chi connectivity index (χ2v) is 6.18. The molecule has 2 aromatic heterocycles. The van der Waals surface area contributed by atoms with Crippen molar-refractivity contribution in [3.05, 3.63) is 39.0 Å². The first-order valence-electron chi connectivity index (χ1n) is 7.34. The predicted octanol–water partition coefficient (Wildman–Crippen LogP) is 2.92. The largest absolute Gasteiger partial charge is 0.295 e. The fourth-order valence-corrected chi connectivity index (χ4v) is 2.95. The summed E-state index contributed by atoms with van der Waals surface area (Å²) >= 11 is 1.31. The summed E-state index contributed by atoms with van der Waals surface area (Å²) in [5.74, 6) is -0.486. The number of carbonyl (C=O) groups excluding carboxylic acids is 1. The van der Waals surface area contributed by atoms with Gasteiger partial charge in [-0.15, -0.1) is 10.2 Å². The second-order valence-electron chi connectivity index (χ2n) is 5.12. The minimum absolute atomic E-state index is 0.0824. The number of nitrogens with one attached hydrogen (secondary N) is 2. The molecular weight excluding hydrogens is 332 g/mol. The highest BCUT2D eigenvalue weighted by Crippen LogP contribution is 2.23. The van der Waals surface area contributed by atoms with Gasteiger partial charge < -0.3 is 0 Å². The summed E-state index contributed by atoms with van der Waals surface area (Å²) in [5.41, 5.74) is 0.529. The monoisotopic (exact) mass is 346 g/mol. The van der Waals surface area contributed by atoms with Crippen molar-refractivity contribution in [3.8, 4) is 0 Å². The third-order valence-electron chi connectivity index (χ3n) is 3.40. The highest BCUT2D eigenvalue weighted by Gasteiger charge is 2.18. The molecule has 1 aromatic carbocycles. The van der Waals surface area contributed by atoms with Crippen molar-refractivity contribution >= 4 is 39.0 Å². The van der Waals surface area contributed by atoms with Gasteiger partial charge in [-0.2, -0.15) is 5.10 Å². The predicted molar refractivity (Wildman–Crippen MR) is 89.2 cm³/mol. The molecule has 0 saturated heterocycles. The number of hydrogen-bond acceptors (Lipinski definition) is 7. The fourth-order valence-electron chi connectivity index (χ4n) is 2.18.